The Labute approximate surface area is 165 Å². The zero-order valence-electron chi connectivity index (χ0n) is 16.8. The fourth-order valence-electron chi connectivity index (χ4n) is 4.34. The van der Waals surface area contributed by atoms with E-state index >= 15 is 0 Å². The molecule has 3 aromatic rings. The van der Waals surface area contributed by atoms with Crippen LogP contribution in [-0.2, 0) is 4.79 Å². The van der Waals surface area contributed by atoms with E-state index in [2.05, 4.69) is 24.1 Å². The van der Waals surface area contributed by atoms with Crippen molar-refractivity contribution in [3.8, 4) is 5.75 Å². The highest BCUT2D eigenvalue weighted by molar-refractivity contribution is 6.07. The summed E-state index contributed by atoms with van der Waals surface area (Å²) in [4.78, 5) is 15.1. The average molecular weight is 380 g/mol. The number of benzene rings is 2. The van der Waals surface area contributed by atoms with Crippen LogP contribution < -0.4 is 10.1 Å². The Hall–Kier alpha value is -2.53. The first-order chi connectivity index (χ1) is 13.6. The minimum Gasteiger partial charge on any atom is -0.495 e. The molecule has 0 saturated heterocycles. The van der Waals surface area contributed by atoms with Gasteiger partial charge in [0.05, 0.1) is 19.3 Å². The van der Waals surface area contributed by atoms with Gasteiger partial charge in [0.1, 0.15) is 16.9 Å². The third-order valence-electron chi connectivity index (χ3n) is 5.76. The fourth-order valence-corrected chi connectivity index (χ4v) is 4.34. The maximum atomic E-state index is 12.8. The number of amides is 1. The third kappa shape index (κ3) is 3.59. The number of anilines is 1. The average Bonchev–Trinajstić information content (AvgIpc) is 3.32. The molecule has 0 bridgehead atoms. The van der Waals surface area contributed by atoms with Crippen molar-refractivity contribution in [3.05, 3.63) is 36.4 Å². The third-order valence-corrected chi connectivity index (χ3v) is 5.76. The zero-order valence-corrected chi connectivity index (χ0v) is 16.8. The van der Waals surface area contributed by atoms with Crippen LogP contribution in [0.1, 0.15) is 39.5 Å². The van der Waals surface area contributed by atoms with Crippen LogP contribution in [0.4, 0.5) is 5.69 Å². The molecule has 0 unspecified atom stereocenters. The van der Waals surface area contributed by atoms with Crippen LogP contribution in [0.25, 0.3) is 21.9 Å². The van der Waals surface area contributed by atoms with Gasteiger partial charge in [-0.15, -0.1) is 0 Å². The highest BCUT2D eigenvalue weighted by Crippen LogP contribution is 2.36. The molecule has 1 aromatic heterocycles. The van der Waals surface area contributed by atoms with Crippen molar-refractivity contribution in [2.75, 3.05) is 19.0 Å². The van der Waals surface area contributed by atoms with E-state index in [9.17, 15) is 4.79 Å². The van der Waals surface area contributed by atoms with Gasteiger partial charge in [-0.25, -0.2) is 0 Å². The van der Waals surface area contributed by atoms with E-state index in [0.717, 1.165) is 21.9 Å². The molecule has 1 heterocycles. The minimum absolute atomic E-state index is 0.0191. The summed E-state index contributed by atoms with van der Waals surface area (Å²) >= 11 is 0. The predicted octanol–water partition coefficient (Wildman–Crippen LogP) is 5.19. The fraction of sp³-hybridized carbons (Fsp3) is 0.435. The zero-order chi connectivity index (χ0) is 19.7. The van der Waals surface area contributed by atoms with E-state index in [-0.39, 0.29) is 5.91 Å². The largest absolute Gasteiger partial charge is 0.495 e. The molecular weight excluding hydrogens is 352 g/mol. The predicted molar refractivity (Wildman–Crippen MR) is 113 cm³/mol. The molecule has 1 fully saturated rings. The van der Waals surface area contributed by atoms with Crippen molar-refractivity contribution in [1.82, 2.24) is 4.90 Å². The molecule has 148 valence electrons. The summed E-state index contributed by atoms with van der Waals surface area (Å²) in [5, 5.41) is 5.07. The second kappa shape index (κ2) is 7.84. The van der Waals surface area contributed by atoms with Crippen molar-refractivity contribution in [2.24, 2.45) is 0 Å². The van der Waals surface area contributed by atoms with Gasteiger partial charge >= 0.3 is 0 Å². The number of ether oxygens (including phenoxy) is 1. The van der Waals surface area contributed by atoms with Crippen LogP contribution >= 0.6 is 0 Å². The number of methoxy groups -OCH3 is 1. The van der Waals surface area contributed by atoms with Gasteiger partial charge in [-0.1, -0.05) is 31.0 Å². The Morgan fingerprint density at radius 3 is 2.64 bits per heavy atom. The Balaban J connectivity index is 1.59. The van der Waals surface area contributed by atoms with Gasteiger partial charge in [-0.3, -0.25) is 9.69 Å². The SMILES string of the molecule is COc1cc2c(cc1NC(=O)CN(C(C)C)C1CCCC1)oc1ccccc12. The second-order valence-corrected chi connectivity index (χ2v) is 7.90. The second-order valence-electron chi connectivity index (χ2n) is 7.90. The Bertz CT molecular complexity index is 986. The van der Waals surface area contributed by atoms with Crippen molar-refractivity contribution in [1.29, 1.82) is 0 Å². The number of carbonyl (C=O) groups excluding carboxylic acids is 1. The summed E-state index contributed by atoms with van der Waals surface area (Å²) < 4.78 is 11.5. The summed E-state index contributed by atoms with van der Waals surface area (Å²) in [6.45, 7) is 4.71. The number of carbonyl (C=O) groups is 1. The summed E-state index contributed by atoms with van der Waals surface area (Å²) in [6.07, 6.45) is 4.87. The van der Waals surface area contributed by atoms with Gasteiger partial charge < -0.3 is 14.5 Å². The van der Waals surface area contributed by atoms with Crippen LogP contribution in [0.15, 0.2) is 40.8 Å². The molecule has 1 amide bonds. The van der Waals surface area contributed by atoms with Gasteiger partial charge in [-0.2, -0.15) is 0 Å². The maximum Gasteiger partial charge on any atom is 0.238 e. The quantitative estimate of drug-likeness (QED) is 0.640. The molecule has 1 N–H and O–H groups in total. The van der Waals surface area contributed by atoms with Crippen molar-refractivity contribution < 1.29 is 13.9 Å². The lowest BCUT2D eigenvalue weighted by atomic mass is 10.1. The molecule has 0 radical (unpaired) electrons. The molecule has 1 saturated carbocycles. The number of para-hydroxylation sites is 1. The van der Waals surface area contributed by atoms with Crippen LogP contribution in [0, 0.1) is 0 Å². The van der Waals surface area contributed by atoms with E-state index in [4.69, 9.17) is 9.15 Å². The lowest BCUT2D eigenvalue weighted by Gasteiger charge is -2.31. The van der Waals surface area contributed by atoms with Crippen molar-refractivity contribution >= 4 is 33.5 Å². The molecule has 1 aliphatic carbocycles. The lowest BCUT2D eigenvalue weighted by Crippen LogP contribution is -2.43. The van der Waals surface area contributed by atoms with Gasteiger partial charge in [-0.05, 0) is 38.8 Å². The molecule has 1 aliphatic rings. The van der Waals surface area contributed by atoms with E-state index in [1.54, 1.807) is 7.11 Å². The van der Waals surface area contributed by atoms with E-state index in [1.165, 1.54) is 25.7 Å². The van der Waals surface area contributed by atoms with Crippen molar-refractivity contribution in [3.63, 3.8) is 0 Å². The number of hydrogen-bond acceptors (Lipinski definition) is 4. The topological polar surface area (TPSA) is 54.7 Å². The van der Waals surface area contributed by atoms with Gasteiger partial charge in [0, 0.05) is 28.9 Å². The number of fused-ring (bicyclic) bond motifs is 3. The molecule has 5 nitrogen and oxygen atoms in total. The summed E-state index contributed by atoms with van der Waals surface area (Å²) in [7, 11) is 1.62. The van der Waals surface area contributed by atoms with Crippen LogP contribution in [0.2, 0.25) is 0 Å². The Morgan fingerprint density at radius 2 is 1.93 bits per heavy atom. The first-order valence-electron chi connectivity index (χ1n) is 10.1. The summed E-state index contributed by atoms with van der Waals surface area (Å²) in [6, 6.07) is 12.6. The number of hydrogen-bond donors (Lipinski definition) is 1. The highest BCUT2D eigenvalue weighted by atomic mass is 16.5. The Kier molecular flexibility index (Phi) is 5.27. The normalized spacial score (nSPS) is 15.2. The van der Waals surface area contributed by atoms with Crippen LogP contribution in [0.5, 0.6) is 5.75 Å². The number of nitrogens with zero attached hydrogens (tertiary/aromatic N) is 1. The van der Waals surface area contributed by atoms with Gasteiger partial charge in [0.2, 0.25) is 5.91 Å². The van der Waals surface area contributed by atoms with Gasteiger partial charge in [0.25, 0.3) is 0 Å². The van der Waals surface area contributed by atoms with Crippen LogP contribution in [-0.4, -0.2) is 36.5 Å². The molecule has 5 heteroatoms. The molecular formula is C23H28N2O3. The molecule has 4 rings (SSSR count). The Morgan fingerprint density at radius 1 is 1.18 bits per heavy atom. The molecule has 2 aromatic carbocycles. The monoisotopic (exact) mass is 380 g/mol. The minimum atomic E-state index is -0.0191. The number of nitrogens with one attached hydrogen (secondary N) is 1. The van der Waals surface area contributed by atoms with Gasteiger partial charge in [0.15, 0.2) is 0 Å². The first kappa shape index (κ1) is 18.8. The molecule has 0 spiro atoms. The van der Waals surface area contributed by atoms with E-state index in [0.29, 0.717) is 30.1 Å². The number of furan rings is 1. The van der Waals surface area contributed by atoms with Crippen LogP contribution in [0.3, 0.4) is 0 Å². The standard InChI is InChI=1S/C23H28N2O3/c1-15(2)25(16-8-4-5-9-16)14-23(26)24-19-13-21-18(12-22(19)27-3)17-10-6-7-11-20(17)28-21/h6-7,10-13,15-16H,4-5,8-9,14H2,1-3H3,(H,24,26). The summed E-state index contributed by atoms with van der Waals surface area (Å²) in [5.74, 6) is 0.624. The smallest absolute Gasteiger partial charge is 0.238 e. The van der Waals surface area contributed by atoms with Crippen molar-refractivity contribution in [2.45, 2.75) is 51.6 Å². The lowest BCUT2D eigenvalue weighted by molar-refractivity contribution is -0.118. The highest BCUT2D eigenvalue weighted by Gasteiger charge is 2.26. The molecule has 0 atom stereocenters. The first-order valence-corrected chi connectivity index (χ1v) is 10.1. The van der Waals surface area contributed by atoms with E-state index in [1.807, 2.05) is 36.4 Å². The molecule has 0 aliphatic heterocycles. The summed E-state index contributed by atoms with van der Waals surface area (Å²) in [5.41, 5.74) is 2.22. The number of rotatable bonds is 6. The maximum absolute atomic E-state index is 12.8. The van der Waals surface area contributed by atoms with E-state index < -0.39 is 0 Å². The molecule has 28 heavy (non-hydrogen) atoms.